The van der Waals surface area contributed by atoms with Crippen molar-refractivity contribution in [3.8, 4) is 0 Å². The van der Waals surface area contributed by atoms with Crippen molar-refractivity contribution in [2.45, 2.75) is 24.4 Å². The van der Waals surface area contributed by atoms with Crippen LogP contribution in [0.4, 0.5) is 13.2 Å². The van der Waals surface area contributed by atoms with Gasteiger partial charge in [0, 0.05) is 48.7 Å². The molecule has 2 N–H and O–H groups in total. The number of aliphatic carboxylic acids is 1. The van der Waals surface area contributed by atoms with E-state index in [1.807, 2.05) is 0 Å². The normalized spacial score (nSPS) is 22.1. The number of hydrogen-bond acceptors (Lipinski definition) is 7. The van der Waals surface area contributed by atoms with Gasteiger partial charge in [0.25, 0.3) is 5.92 Å². The molecule has 186 valence electrons. The number of benzene rings is 1. The summed E-state index contributed by atoms with van der Waals surface area (Å²) in [5.41, 5.74) is 0.290. The zero-order valence-electron chi connectivity index (χ0n) is 18.6. The molecule has 1 saturated heterocycles. The Balaban J connectivity index is 1.86. The van der Waals surface area contributed by atoms with Crippen molar-refractivity contribution < 1.29 is 32.6 Å². The van der Waals surface area contributed by atoms with Gasteiger partial charge in [-0.25, -0.2) is 22.9 Å². The quantitative estimate of drug-likeness (QED) is 0.574. The Morgan fingerprint density at radius 2 is 2.11 bits per heavy atom. The molecular weight excluding hydrogens is 491 g/mol. The number of nitrogens with one attached hydrogen (secondary N) is 1. The van der Waals surface area contributed by atoms with Crippen LogP contribution in [0.5, 0.6) is 0 Å². The maximum absolute atomic E-state index is 14.1. The average Bonchev–Trinajstić information content (AvgIpc) is 3.34. The van der Waals surface area contributed by atoms with Gasteiger partial charge < -0.3 is 19.7 Å². The van der Waals surface area contributed by atoms with Crippen LogP contribution in [0.15, 0.2) is 46.9 Å². The number of likely N-dealkylation sites (tertiary alicyclic amines) is 1. The summed E-state index contributed by atoms with van der Waals surface area (Å²) >= 11 is 6.29. The van der Waals surface area contributed by atoms with Crippen LogP contribution in [0.25, 0.3) is 0 Å². The number of ether oxygens (including phenoxy) is 1. The van der Waals surface area contributed by atoms with E-state index in [1.165, 1.54) is 12.3 Å². The fourth-order valence-electron chi connectivity index (χ4n) is 4.22. The monoisotopic (exact) mass is 511 g/mol. The van der Waals surface area contributed by atoms with Crippen LogP contribution in [0.3, 0.4) is 0 Å². The second-order valence-corrected chi connectivity index (χ2v) is 8.64. The maximum Gasteiger partial charge on any atom is 0.338 e. The molecule has 2 aliphatic heterocycles. The van der Waals surface area contributed by atoms with Crippen molar-refractivity contribution in [2.24, 2.45) is 12.0 Å². The number of amidine groups is 1. The highest BCUT2D eigenvalue weighted by Crippen LogP contribution is 2.38. The number of aromatic nitrogens is 2. The molecule has 9 nitrogen and oxygen atoms in total. The number of carbonyl (C=O) groups is 2. The van der Waals surface area contributed by atoms with Crippen LogP contribution in [0.1, 0.15) is 23.9 Å². The van der Waals surface area contributed by atoms with Crippen molar-refractivity contribution in [1.29, 1.82) is 0 Å². The molecule has 2 aromatic rings. The minimum Gasteiger partial charge on any atom is -0.480 e. The second kappa shape index (κ2) is 9.34. The number of imidazole rings is 1. The van der Waals surface area contributed by atoms with Crippen LogP contribution in [0.2, 0.25) is 5.02 Å². The van der Waals surface area contributed by atoms with Crippen LogP contribution in [-0.4, -0.2) is 69.5 Å². The van der Waals surface area contributed by atoms with E-state index in [1.54, 1.807) is 17.8 Å². The first kappa shape index (κ1) is 24.7. The molecule has 2 aliphatic rings. The standard InChI is InChI=1S/C22H21ClF3N5O4/c1-30-6-5-27-19(30)18-28-14(9-31-10-22(25,26)8-15(31)20(32)33)16(21(34)35-2)17(29-18)12-4-3-11(24)7-13(12)23/h3-7,15,17H,8-10H2,1-2H3,(H,28,29)(H,32,33)/t15-,17-/m0/s1. The largest absolute Gasteiger partial charge is 0.480 e. The third-order valence-corrected chi connectivity index (χ3v) is 6.16. The molecule has 1 aromatic heterocycles. The highest BCUT2D eigenvalue weighted by molar-refractivity contribution is 6.31. The predicted octanol–water partition coefficient (Wildman–Crippen LogP) is 2.53. The number of hydrogen-bond donors (Lipinski definition) is 2. The van der Waals surface area contributed by atoms with Crippen molar-refractivity contribution in [3.05, 3.63) is 64.1 Å². The predicted molar refractivity (Wildman–Crippen MR) is 119 cm³/mol. The summed E-state index contributed by atoms with van der Waals surface area (Å²) in [7, 11) is 2.84. The molecule has 0 unspecified atom stereocenters. The summed E-state index contributed by atoms with van der Waals surface area (Å²) in [6, 6.07) is 0.990. The zero-order valence-corrected chi connectivity index (χ0v) is 19.4. The molecule has 3 heterocycles. The molecule has 0 saturated carbocycles. The highest BCUT2D eigenvalue weighted by Gasteiger charge is 2.49. The number of halogens is 4. The van der Waals surface area contributed by atoms with Crippen LogP contribution >= 0.6 is 11.6 Å². The van der Waals surface area contributed by atoms with E-state index in [9.17, 15) is 27.9 Å². The number of carboxylic acid groups (broad SMARTS) is 1. The van der Waals surface area contributed by atoms with Gasteiger partial charge in [-0.05, 0) is 12.1 Å². The fourth-order valence-corrected chi connectivity index (χ4v) is 4.49. The molecule has 0 radical (unpaired) electrons. The lowest BCUT2D eigenvalue weighted by molar-refractivity contribution is -0.142. The van der Waals surface area contributed by atoms with Gasteiger partial charge in [-0.15, -0.1) is 0 Å². The number of esters is 1. The molecule has 2 atom stereocenters. The topological polar surface area (TPSA) is 109 Å². The summed E-state index contributed by atoms with van der Waals surface area (Å²) in [6.45, 7) is -1.17. The average molecular weight is 512 g/mol. The van der Waals surface area contributed by atoms with Gasteiger partial charge in [-0.2, -0.15) is 0 Å². The van der Waals surface area contributed by atoms with Crippen molar-refractivity contribution in [3.63, 3.8) is 0 Å². The third-order valence-electron chi connectivity index (χ3n) is 5.83. The van der Waals surface area contributed by atoms with Crippen molar-refractivity contribution in [1.82, 2.24) is 19.8 Å². The molecule has 1 aromatic carbocycles. The molecule has 0 aliphatic carbocycles. The highest BCUT2D eigenvalue weighted by atomic mass is 35.5. The fraction of sp³-hybridized carbons (Fsp3) is 0.364. The first-order valence-electron chi connectivity index (χ1n) is 10.4. The van der Waals surface area contributed by atoms with Crippen molar-refractivity contribution in [2.75, 3.05) is 20.2 Å². The van der Waals surface area contributed by atoms with Gasteiger partial charge in [0.2, 0.25) is 0 Å². The molecule has 0 bridgehead atoms. The minimum absolute atomic E-state index is 0.0169. The third kappa shape index (κ3) is 4.89. The summed E-state index contributed by atoms with van der Waals surface area (Å²) in [5, 5.41) is 12.4. The number of alkyl halides is 2. The number of rotatable bonds is 6. The van der Waals surface area contributed by atoms with Gasteiger partial charge in [0.1, 0.15) is 17.9 Å². The Bertz CT molecular complexity index is 1250. The van der Waals surface area contributed by atoms with E-state index in [-0.39, 0.29) is 34.2 Å². The Morgan fingerprint density at radius 3 is 2.71 bits per heavy atom. The first-order valence-corrected chi connectivity index (χ1v) is 10.8. The van der Waals surface area contributed by atoms with Crippen molar-refractivity contribution >= 4 is 29.4 Å². The molecule has 0 spiro atoms. The smallest absolute Gasteiger partial charge is 0.338 e. The lowest BCUT2D eigenvalue weighted by Crippen LogP contribution is -2.44. The number of aryl methyl sites for hydroxylation is 1. The summed E-state index contributed by atoms with van der Waals surface area (Å²) in [5.74, 6) is -5.53. The van der Waals surface area contributed by atoms with Crippen LogP contribution in [0, 0.1) is 5.82 Å². The molecule has 0 amide bonds. The van der Waals surface area contributed by atoms with Gasteiger partial charge >= 0.3 is 11.9 Å². The number of nitrogens with zero attached hydrogens (tertiary/aromatic N) is 4. The molecule has 1 fully saturated rings. The van der Waals surface area contributed by atoms with E-state index in [0.717, 1.165) is 24.1 Å². The van der Waals surface area contributed by atoms with Gasteiger partial charge in [0.05, 0.1) is 19.2 Å². The Kier molecular flexibility index (Phi) is 6.60. The summed E-state index contributed by atoms with van der Waals surface area (Å²) < 4.78 is 48.6. The Labute approximate surface area is 202 Å². The van der Waals surface area contributed by atoms with E-state index < -0.39 is 48.7 Å². The maximum atomic E-state index is 14.1. The first-order chi connectivity index (χ1) is 16.5. The molecule has 4 rings (SSSR count). The van der Waals surface area contributed by atoms with Gasteiger partial charge in [0.15, 0.2) is 11.7 Å². The van der Waals surface area contributed by atoms with Gasteiger partial charge in [-0.3, -0.25) is 14.7 Å². The van der Waals surface area contributed by atoms with Crippen LogP contribution < -0.4 is 5.32 Å². The number of carbonyl (C=O) groups excluding carboxylic acids is 1. The molecule has 35 heavy (non-hydrogen) atoms. The van der Waals surface area contributed by atoms with E-state index in [4.69, 9.17) is 16.3 Å². The molecule has 13 heteroatoms. The summed E-state index contributed by atoms with van der Waals surface area (Å²) in [4.78, 5) is 34.5. The van der Waals surface area contributed by atoms with Gasteiger partial charge in [-0.1, -0.05) is 17.7 Å². The van der Waals surface area contributed by atoms with Crippen LogP contribution in [-0.2, 0) is 21.4 Å². The Morgan fingerprint density at radius 1 is 1.37 bits per heavy atom. The Hall–Kier alpha value is -3.38. The lowest BCUT2D eigenvalue weighted by Gasteiger charge is -2.30. The van der Waals surface area contributed by atoms with E-state index in [0.29, 0.717) is 5.82 Å². The molecular formula is C22H21ClF3N5O4. The lowest BCUT2D eigenvalue weighted by atomic mass is 9.95. The summed E-state index contributed by atoms with van der Waals surface area (Å²) in [6.07, 6.45) is 2.30. The van der Waals surface area contributed by atoms with E-state index in [2.05, 4.69) is 15.3 Å². The number of methoxy groups -OCH3 is 1. The number of carboxylic acids is 1. The zero-order chi connectivity index (χ0) is 25.5. The van der Waals surface area contributed by atoms with E-state index >= 15 is 0 Å². The minimum atomic E-state index is -3.22. The second-order valence-electron chi connectivity index (χ2n) is 8.24. The SMILES string of the molecule is COC(=O)C1=C(CN2CC(F)(F)C[C@H]2C(=O)O)NC(c2nccn2C)=N[C@H]1c1ccc(F)cc1Cl. The number of aliphatic imine (C=N–C) groups is 1.